The van der Waals surface area contributed by atoms with Crippen molar-refractivity contribution in [3.8, 4) is 0 Å². The van der Waals surface area contributed by atoms with Gasteiger partial charge < -0.3 is 10.1 Å². The number of ether oxygens (including phenoxy) is 1. The molecule has 3 aromatic rings. The summed E-state index contributed by atoms with van der Waals surface area (Å²) in [6.07, 6.45) is -3.14. The van der Waals surface area contributed by atoms with Crippen LogP contribution in [0.4, 0.5) is 18.9 Å². The lowest BCUT2D eigenvalue weighted by atomic mass is 10.1. The van der Waals surface area contributed by atoms with Crippen molar-refractivity contribution in [2.24, 2.45) is 0 Å². The van der Waals surface area contributed by atoms with Crippen LogP contribution >= 0.6 is 11.6 Å². The van der Waals surface area contributed by atoms with Crippen LogP contribution in [0.1, 0.15) is 15.9 Å². The second-order valence-corrected chi connectivity index (χ2v) is 6.12. The number of hydrogen-bond donors (Lipinski definition) is 1. The molecule has 144 valence electrons. The molecular weight excluding hydrogens is 397 g/mol. The highest BCUT2D eigenvalue weighted by molar-refractivity contribution is 6.30. The second kappa shape index (κ2) is 7.85. The van der Waals surface area contributed by atoms with E-state index in [2.05, 4.69) is 10.3 Å². The Morgan fingerprint density at radius 3 is 2.64 bits per heavy atom. The van der Waals surface area contributed by atoms with Crippen molar-refractivity contribution in [2.45, 2.75) is 6.18 Å². The first kappa shape index (κ1) is 19.6. The van der Waals surface area contributed by atoms with Crippen molar-refractivity contribution in [3.05, 3.63) is 70.9 Å². The van der Waals surface area contributed by atoms with Crippen molar-refractivity contribution in [1.29, 1.82) is 0 Å². The van der Waals surface area contributed by atoms with Crippen molar-refractivity contribution < 1.29 is 27.5 Å². The van der Waals surface area contributed by atoms with E-state index in [1.165, 1.54) is 12.1 Å². The fraction of sp³-hybridized carbons (Fsp3) is 0.105. The summed E-state index contributed by atoms with van der Waals surface area (Å²) < 4.78 is 44.1. The first-order valence-corrected chi connectivity index (χ1v) is 8.31. The summed E-state index contributed by atoms with van der Waals surface area (Å²) in [5.41, 5.74) is -0.814. The molecule has 1 amide bonds. The van der Waals surface area contributed by atoms with Gasteiger partial charge in [0, 0.05) is 16.6 Å². The molecule has 0 fully saturated rings. The summed E-state index contributed by atoms with van der Waals surface area (Å²) in [5.74, 6) is -1.71. The SMILES string of the molecule is O=C(COC(=O)c1cccc2ncccc12)Nc1ccc(Cl)cc1C(F)(F)F. The molecule has 1 aromatic heterocycles. The van der Waals surface area contributed by atoms with Crippen molar-refractivity contribution in [1.82, 2.24) is 4.98 Å². The topological polar surface area (TPSA) is 68.3 Å². The number of benzene rings is 2. The number of fused-ring (bicyclic) bond motifs is 1. The molecule has 0 radical (unpaired) electrons. The lowest BCUT2D eigenvalue weighted by Crippen LogP contribution is -2.23. The third-order valence-corrected chi connectivity index (χ3v) is 4.00. The quantitative estimate of drug-likeness (QED) is 0.635. The molecule has 0 spiro atoms. The average Bonchev–Trinajstić information content (AvgIpc) is 2.66. The number of amides is 1. The molecule has 2 aromatic carbocycles. The van der Waals surface area contributed by atoms with E-state index in [0.29, 0.717) is 17.0 Å². The van der Waals surface area contributed by atoms with Gasteiger partial charge in [0.25, 0.3) is 5.91 Å². The monoisotopic (exact) mass is 408 g/mol. The van der Waals surface area contributed by atoms with Crippen molar-refractivity contribution >= 4 is 40.1 Å². The Balaban J connectivity index is 1.70. The van der Waals surface area contributed by atoms with Crippen LogP contribution in [-0.2, 0) is 15.7 Å². The number of rotatable bonds is 4. The molecule has 3 rings (SSSR count). The minimum Gasteiger partial charge on any atom is -0.452 e. The largest absolute Gasteiger partial charge is 0.452 e. The summed E-state index contributed by atoms with van der Waals surface area (Å²) in [7, 11) is 0. The predicted molar refractivity (Wildman–Crippen MR) is 97.1 cm³/mol. The summed E-state index contributed by atoms with van der Waals surface area (Å²) in [6.45, 7) is -0.755. The van der Waals surface area contributed by atoms with Gasteiger partial charge in [-0.2, -0.15) is 13.2 Å². The van der Waals surface area contributed by atoms with E-state index in [1.807, 2.05) is 0 Å². The normalized spacial score (nSPS) is 11.3. The highest BCUT2D eigenvalue weighted by Crippen LogP contribution is 2.36. The molecular formula is C19H12ClF3N2O3. The van der Waals surface area contributed by atoms with E-state index in [0.717, 1.165) is 6.07 Å². The van der Waals surface area contributed by atoms with E-state index < -0.39 is 35.9 Å². The first-order valence-electron chi connectivity index (χ1n) is 7.93. The summed E-state index contributed by atoms with van der Waals surface area (Å²) in [4.78, 5) is 28.3. The molecule has 0 unspecified atom stereocenters. The van der Waals surface area contributed by atoms with Gasteiger partial charge in [-0.05, 0) is 36.4 Å². The third-order valence-electron chi connectivity index (χ3n) is 3.76. The molecule has 28 heavy (non-hydrogen) atoms. The average molecular weight is 409 g/mol. The lowest BCUT2D eigenvalue weighted by Gasteiger charge is -2.14. The molecule has 1 heterocycles. The van der Waals surface area contributed by atoms with E-state index in [1.54, 1.807) is 30.5 Å². The Hall–Kier alpha value is -3.13. The number of alkyl halides is 3. The highest BCUT2D eigenvalue weighted by Gasteiger charge is 2.34. The van der Waals surface area contributed by atoms with Gasteiger partial charge in [0.15, 0.2) is 6.61 Å². The molecule has 0 aliphatic rings. The van der Waals surface area contributed by atoms with Gasteiger partial charge in [0.05, 0.1) is 22.3 Å². The molecule has 0 aliphatic carbocycles. The van der Waals surface area contributed by atoms with Crippen LogP contribution in [0, 0.1) is 0 Å². The van der Waals surface area contributed by atoms with Crippen LogP contribution in [0.3, 0.4) is 0 Å². The Kier molecular flexibility index (Phi) is 5.51. The minimum absolute atomic E-state index is 0.124. The van der Waals surface area contributed by atoms with Crippen LogP contribution < -0.4 is 5.32 Å². The number of nitrogens with zero attached hydrogens (tertiary/aromatic N) is 1. The first-order chi connectivity index (χ1) is 13.3. The maximum absolute atomic E-state index is 13.1. The molecule has 0 aliphatic heterocycles. The van der Waals surface area contributed by atoms with Crippen LogP contribution in [-0.4, -0.2) is 23.5 Å². The van der Waals surface area contributed by atoms with Crippen LogP contribution in [0.2, 0.25) is 5.02 Å². The third kappa shape index (κ3) is 4.40. The molecule has 0 bridgehead atoms. The van der Waals surface area contributed by atoms with E-state index in [9.17, 15) is 22.8 Å². The zero-order chi connectivity index (χ0) is 20.3. The summed E-state index contributed by atoms with van der Waals surface area (Å²) in [5, 5.41) is 2.49. The number of aromatic nitrogens is 1. The second-order valence-electron chi connectivity index (χ2n) is 5.69. The minimum atomic E-state index is -4.71. The number of anilines is 1. The van der Waals surface area contributed by atoms with Crippen molar-refractivity contribution in [2.75, 3.05) is 11.9 Å². The highest BCUT2D eigenvalue weighted by atomic mass is 35.5. The van der Waals surface area contributed by atoms with E-state index >= 15 is 0 Å². The van der Waals surface area contributed by atoms with Gasteiger partial charge in [-0.15, -0.1) is 0 Å². The Morgan fingerprint density at radius 2 is 1.89 bits per heavy atom. The standard InChI is InChI=1S/C19H12ClF3N2O3/c20-11-6-7-16(14(9-11)19(21,22)23)25-17(26)10-28-18(27)13-3-1-5-15-12(13)4-2-8-24-15/h1-9H,10H2,(H,25,26). The van der Waals surface area contributed by atoms with Crippen LogP contribution in [0.5, 0.6) is 0 Å². The summed E-state index contributed by atoms with van der Waals surface area (Å²) in [6, 6.07) is 11.1. The Labute approximate surface area is 162 Å². The molecule has 5 nitrogen and oxygen atoms in total. The number of esters is 1. The molecule has 0 saturated heterocycles. The van der Waals surface area contributed by atoms with Gasteiger partial charge in [-0.3, -0.25) is 9.78 Å². The molecule has 1 N–H and O–H groups in total. The van der Waals surface area contributed by atoms with Crippen molar-refractivity contribution in [3.63, 3.8) is 0 Å². The lowest BCUT2D eigenvalue weighted by molar-refractivity contribution is -0.137. The fourth-order valence-corrected chi connectivity index (χ4v) is 2.71. The van der Waals surface area contributed by atoms with Crippen LogP contribution in [0.25, 0.3) is 10.9 Å². The van der Waals surface area contributed by atoms with Gasteiger partial charge in [-0.25, -0.2) is 4.79 Å². The van der Waals surface area contributed by atoms with E-state index in [4.69, 9.17) is 16.3 Å². The van der Waals surface area contributed by atoms with Gasteiger partial charge >= 0.3 is 12.1 Å². The van der Waals surface area contributed by atoms with Gasteiger partial charge in [0.2, 0.25) is 0 Å². The molecule has 0 saturated carbocycles. The number of pyridine rings is 1. The maximum atomic E-state index is 13.1. The number of nitrogens with one attached hydrogen (secondary N) is 1. The van der Waals surface area contributed by atoms with Gasteiger partial charge in [-0.1, -0.05) is 23.7 Å². The Morgan fingerprint density at radius 1 is 1.11 bits per heavy atom. The predicted octanol–water partition coefficient (Wildman–Crippen LogP) is 4.70. The van der Waals surface area contributed by atoms with Gasteiger partial charge in [0.1, 0.15) is 0 Å². The fourth-order valence-electron chi connectivity index (χ4n) is 2.54. The maximum Gasteiger partial charge on any atom is 0.418 e. The number of hydrogen-bond acceptors (Lipinski definition) is 4. The Bertz CT molecular complexity index is 1050. The smallest absolute Gasteiger partial charge is 0.418 e. The number of carbonyl (C=O) groups is 2. The number of halogens is 4. The number of carbonyl (C=O) groups excluding carboxylic acids is 2. The van der Waals surface area contributed by atoms with Crippen LogP contribution in [0.15, 0.2) is 54.7 Å². The summed E-state index contributed by atoms with van der Waals surface area (Å²) >= 11 is 5.59. The zero-order valence-corrected chi connectivity index (χ0v) is 14.8. The zero-order valence-electron chi connectivity index (χ0n) is 14.1. The van der Waals surface area contributed by atoms with E-state index in [-0.39, 0.29) is 10.6 Å². The molecule has 0 atom stereocenters. The molecule has 9 heteroatoms.